The van der Waals surface area contributed by atoms with Gasteiger partial charge in [0.25, 0.3) is 5.69 Å². The second-order valence-corrected chi connectivity index (χ2v) is 3.08. The summed E-state index contributed by atoms with van der Waals surface area (Å²) in [6, 6.07) is 2.09. The topological polar surface area (TPSA) is 105 Å². The van der Waals surface area contributed by atoms with Gasteiger partial charge in [-0.05, 0) is 0 Å². The fraction of sp³-hybridized carbons (Fsp3) is 0.250. The molecule has 1 heterocycles. The molecule has 0 spiro atoms. The second kappa shape index (κ2) is 3.74. The molecule has 0 saturated carbocycles. The van der Waals surface area contributed by atoms with Crippen molar-refractivity contribution >= 4 is 11.4 Å². The molecule has 0 bridgehead atoms. The SMILES string of the molecule is O=[N+]([O-])c1cc2c(c([N+](=O)[O-])c1)OCOC2. The quantitative estimate of drug-likeness (QED) is 0.557. The van der Waals surface area contributed by atoms with Gasteiger partial charge >= 0.3 is 5.69 Å². The van der Waals surface area contributed by atoms with Crippen molar-refractivity contribution in [2.24, 2.45) is 0 Å². The van der Waals surface area contributed by atoms with Crippen LogP contribution in [0, 0.1) is 20.2 Å². The summed E-state index contributed by atoms with van der Waals surface area (Å²) in [5, 5.41) is 21.3. The Morgan fingerprint density at radius 1 is 1.19 bits per heavy atom. The monoisotopic (exact) mass is 226 g/mol. The van der Waals surface area contributed by atoms with Gasteiger partial charge in [0.05, 0.1) is 22.5 Å². The Morgan fingerprint density at radius 3 is 2.56 bits per heavy atom. The summed E-state index contributed by atoms with van der Waals surface area (Å²) >= 11 is 0. The van der Waals surface area contributed by atoms with Gasteiger partial charge < -0.3 is 9.47 Å². The number of hydrogen-bond acceptors (Lipinski definition) is 6. The van der Waals surface area contributed by atoms with Crippen molar-refractivity contribution in [1.82, 2.24) is 0 Å². The van der Waals surface area contributed by atoms with E-state index in [0.717, 1.165) is 6.07 Å². The van der Waals surface area contributed by atoms with Crippen LogP contribution >= 0.6 is 0 Å². The number of benzene rings is 1. The van der Waals surface area contributed by atoms with Gasteiger partial charge in [-0.15, -0.1) is 0 Å². The average molecular weight is 226 g/mol. The number of nitro groups is 2. The minimum atomic E-state index is -0.711. The van der Waals surface area contributed by atoms with Crippen LogP contribution in [-0.2, 0) is 11.3 Å². The van der Waals surface area contributed by atoms with Crippen LogP contribution in [0.15, 0.2) is 12.1 Å². The predicted octanol–water partition coefficient (Wildman–Crippen LogP) is 1.37. The van der Waals surface area contributed by atoms with E-state index < -0.39 is 15.5 Å². The molecule has 8 heteroatoms. The van der Waals surface area contributed by atoms with Crippen LogP contribution in [0.5, 0.6) is 5.75 Å². The summed E-state index contributed by atoms with van der Waals surface area (Å²) in [7, 11) is 0. The number of fused-ring (bicyclic) bond motifs is 1. The van der Waals surface area contributed by atoms with Crippen LogP contribution in [0.4, 0.5) is 11.4 Å². The van der Waals surface area contributed by atoms with Crippen LogP contribution < -0.4 is 4.74 Å². The lowest BCUT2D eigenvalue weighted by Crippen LogP contribution is -2.13. The van der Waals surface area contributed by atoms with Crippen molar-refractivity contribution < 1.29 is 19.3 Å². The molecule has 1 aromatic rings. The number of ether oxygens (including phenoxy) is 2. The first-order chi connectivity index (χ1) is 7.59. The zero-order chi connectivity index (χ0) is 11.7. The third kappa shape index (κ3) is 1.65. The van der Waals surface area contributed by atoms with Gasteiger partial charge in [-0.25, -0.2) is 0 Å². The smallest absolute Gasteiger partial charge is 0.318 e. The molecular formula is C8H6N2O6. The summed E-state index contributed by atoms with van der Waals surface area (Å²) in [4.78, 5) is 19.9. The number of hydrogen-bond donors (Lipinski definition) is 0. The van der Waals surface area contributed by atoms with Gasteiger partial charge in [-0.1, -0.05) is 0 Å². The second-order valence-electron chi connectivity index (χ2n) is 3.08. The number of rotatable bonds is 2. The summed E-state index contributed by atoms with van der Waals surface area (Å²) in [5.74, 6) is 0.0434. The van der Waals surface area contributed by atoms with Crippen LogP contribution in [0.1, 0.15) is 5.56 Å². The van der Waals surface area contributed by atoms with Gasteiger partial charge in [0.1, 0.15) is 0 Å². The highest BCUT2D eigenvalue weighted by atomic mass is 16.7. The Bertz CT molecular complexity index is 472. The normalized spacial score (nSPS) is 13.8. The highest BCUT2D eigenvalue weighted by molar-refractivity contribution is 5.58. The molecule has 8 nitrogen and oxygen atoms in total. The molecule has 0 atom stereocenters. The van der Waals surface area contributed by atoms with Crippen LogP contribution in [0.3, 0.4) is 0 Å². The van der Waals surface area contributed by atoms with E-state index in [2.05, 4.69) is 0 Å². The zero-order valence-corrected chi connectivity index (χ0v) is 7.91. The molecule has 0 aliphatic carbocycles. The fourth-order valence-corrected chi connectivity index (χ4v) is 1.42. The maximum Gasteiger partial charge on any atom is 0.318 e. The van der Waals surface area contributed by atoms with Crippen LogP contribution in [0.2, 0.25) is 0 Å². The molecule has 2 rings (SSSR count). The maximum absolute atomic E-state index is 10.7. The van der Waals surface area contributed by atoms with E-state index in [9.17, 15) is 20.2 Å². The molecule has 0 radical (unpaired) electrons. The maximum atomic E-state index is 10.7. The van der Waals surface area contributed by atoms with Crippen molar-refractivity contribution in [2.45, 2.75) is 6.61 Å². The standard InChI is InChI=1S/C8H6N2O6/c11-9(12)6-1-5-3-15-4-16-8(5)7(2-6)10(13)14/h1-2H,3-4H2. The molecule has 0 aromatic heterocycles. The first-order valence-electron chi connectivity index (χ1n) is 4.26. The van der Waals surface area contributed by atoms with E-state index in [4.69, 9.17) is 9.47 Å². The first-order valence-corrected chi connectivity index (χ1v) is 4.26. The summed E-state index contributed by atoms with van der Waals surface area (Å²) < 4.78 is 9.86. The van der Waals surface area contributed by atoms with Crippen LogP contribution in [-0.4, -0.2) is 16.6 Å². The molecule has 0 fully saturated rings. The van der Waals surface area contributed by atoms with Crippen molar-refractivity contribution in [3.8, 4) is 5.75 Å². The third-order valence-electron chi connectivity index (χ3n) is 2.08. The molecule has 16 heavy (non-hydrogen) atoms. The third-order valence-corrected chi connectivity index (χ3v) is 2.08. The Labute approximate surface area is 88.7 Å². The van der Waals surface area contributed by atoms with Crippen LogP contribution in [0.25, 0.3) is 0 Å². The Balaban J connectivity index is 2.61. The Kier molecular flexibility index (Phi) is 2.41. The molecule has 0 unspecified atom stereocenters. The molecule has 0 saturated heterocycles. The van der Waals surface area contributed by atoms with Gasteiger partial charge in [0.2, 0.25) is 5.75 Å². The molecule has 0 amide bonds. The lowest BCUT2D eigenvalue weighted by Gasteiger charge is -2.16. The van der Waals surface area contributed by atoms with E-state index in [1.807, 2.05) is 0 Å². The van der Waals surface area contributed by atoms with Crippen molar-refractivity contribution in [2.75, 3.05) is 6.79 Å². The van der Waals surface area contributed by atoms with Crippen molar-refractivity contribution in [3.05, 3.63) is 37.9 Å². The zero-order valence-electron chi connectivity index (χ0n) is 7.91. The van der Waals surface area contributed by atoms with Gasteiger partial charge in [-0.3, -0.25) is 20.2 Å². The van der Waals surface area contributed by atoms with E-state index in [-0.39, 0.29) is 24.8 Å². The molecule has 1 aliphatic heterocycles. The van der Waals surface area contributed by atoms with E-state index in [0.29, 0.717) is 5.56 Å². The molecule has 1 aromatic carbocycles. The highest BCUT2D eigenvalue weighted by Gasteiger charge is 2.27. The average Bonchev–Trinajstić information content (AvgIpc) is 2.27. The highest BCUT2D eigenvalue weighted by Crippen LogP contribution is 2.37. The van der Waals surface area contributed by atoms with E-state index in [1.54, 1.807) is 0 Å². The minimum Gasteiger partial charge on any atom is -0.460 e. The van der Waals surface area contributed by atoms with Gasteiger partial charge in [0, 0.05) is 11.6 Å². The molecule has 0 N–H and O–H groups in total. The predicted molar refractivity (Wildman–Crippen MR) is 50.0 cm³/mol. The van der Waals surface area contributed by atoms with Gasteiger partial charge in [-0.2, -0.15) is 0 Å². The Hall–Kier alpha value is -2.22. The van der Waals surface area contributed by atoms with Gasteiger partial charge in [0.15, 0.2) is 6.79 Å². The van der Waals surface area contributed by atoms with Crippen molar-refractivity contribution in [3.63, 3.8) is 0 Å². The largest absolute Gasteiger partial charge is 0.460 e. The molecule has 1 aliphatic rings. The van der Waals surface area contributed by atoms with Crippen molar-refractivity contribution in [1.29, 1.82) is 0 Å². The molecular weight excluding hydrogens is 220 g/mol. The Morgan fingerprint density at radius 2 is 1.94 bits per heavy atom. The fourth-order valence-electron chi connectivity index (χ4n) is 1.42. The number of non-ortho nitro benzene ring substituents is 1. The summed E-state index contributed by atoms with van der Waals surface area (Å²) in [5.41, 5.74) is -0.445. The number of nitrogens with zero attached hydrogens (tertiary/aromatic N) is 2. The minimum absolute atomic E-state index is 0.0434. The lowest BCUT2D eigenvalue weighted by atomic mass is 10.1. The summed E-state index contributed by atoms with van der Waals surface area (Å²) in [6.07, 6.45) is 0. The first kappa shape index (κ1) is 10.3. The number of nitro benzene ring substituents is 2. The summed E-state index contributed by atoms with van der Waals surface area (Å²) in [6.45, 7) is -0.0243. The van der Waals surface area contributed by atoms with E-state index >= 15 is 0 Å². The lowest BCUT2D eigenvalue weighted by molar-refractivity contribution is -0.395. The molecule has 84 valence electrons. The van der Waals surface area contributed by atoms with E-state index in [1.165, 1.54) is 6.07 Å².